The van der Waals surface area contributed by atoms with E-state index in [2.05, 4.69) is 10.1 Å². The molecular formula is C12H7FN4O2. The Hall–Kier alpha value is -3.01. The number of carbonyl (C=O) groups is 1. The number of carboxylic acid groups (broad SMARTS) is 1. The molecule has 1 aromatic heterocycles. The third-order valence-corrected chi connectivity index (χ3v) is 2.30. The molecular weight excluding hydrogens is 251 g/mol. The highest BCUT2D eigenvalue weighted by Crippen LogP contribution is 2.16. The van der Waals surface area contributed by atoms with E-state index in [9.17, 15) is 9.18 Å². The van der Waals surface area contributed by atoms with Crippen LogP contribution in [0, 0.1) is 17.1 Å². The number of aromatic nitrogens is 3. The van der Waals surface area contributed by atoms with Gasteiger partial charge in [0.25, 0.3) is 0 Å². The summed E-state index contributed by atoms with van der Waals surface area (Å²) in [4.78, 5) is 14.4. The fraction of sp³-hybridized carbons (Fsp3) is 0. The lowest BCUT2D eigenvalue weighted by Gasteiger charge is -2.03. The minimum atomic E-state index is -1.36. The standard InChI is InChI=1S/C12H7FN4O2/c13-10-4-8(3-9(5-14)12(18)19)1-2-11(10)17-7-15-6-16-17/h1-4,6-7H,(H,18,19). The minimum Gasteiger partial charge on any atom is -0.477 e. The average Bonchev–Trinajstić information content (AvgIpc) is 2.89. The summed E-state index contributed by atoms with van der Waals surface area (Å²) in [5.74, 6) is -1.95. The molecule has 0 aliphatic heterocycles. The smallest absolute Gasteiger partial charge is 0.346 e. The second-order valence-corrected chi connectivity index (χ2v) is 3.53. The predicted molar refractivity (Wildman–Crippen MR) is 62.5 cm³/mol. The molecule has 0 unspecified atom stereocenters. The molecule has 0 atom stereocenters. The van der Waals surface area contributed by atoms with Crippen LogP contribution in [-0.4, -0.2) is 25.8 Å². The van der Waals surface area contributed by atoms with Crippen LogP contribution in [0.2, 0.25) is 0 Å². The van der Waals surface area contributed by atoms with E-state index >= 15 is 0 Å². The lowest BCUT2D eigenvalue weighted by atomic mass is 10.1. The number of rotatable bonds is 3. The second kappa shape index (κ2) is 5.10. The van der Waals surface area contributed by atoms with Crippen molar-refractivity contribution in [1.29, 1.82) is 5.26 Å². The molecule has 0 amide bonds. The summed E-state index contributed by atoms with van der Waals surface area (Å²) in [6, 6.07) is 5.56. The number of halogens is 1. The van der Waals surface area contributed by atoms with Crippen LogP contribution in [0.4, 0.5) is 4.39 Å². The molecule has 0 saturated heterocycles. The fourth-order valence-corrected chi connectivity index (χ4v) is 1.44. The first kappa shape index (κ1) is 12.4. The van der Waals surface area contributed by atoms with Crippen molar-refractivity contribution in [2.24, 2.45) is 0 Å². The van der Waals surface area contributed by atoms with Gasteiger partial charge < -0.3 is 5.11 Å². The van der Waals surface area contributed by atoms with Gasteiger partial charge in [-0.25, -0.2) is 18.9 Å². The summed E-state index contributed by atoms with van der Waals surface area (Å²) in [6.45, 7) is 0. The second-order valence-electron chi connectivity index (χ2n) is 3.53. The third kappa shape index (κ3) is 2.63. The quantitative estimate of drug-likeness (QED) is 0.663. The van der Waals surface area contributed by atoms with E-state index in [4.69, 9.17) is 10.4 Å². The summed E-state index contributed by atoms with van der Waals surface area (Å²) in [5, 5.41) is 21.1. The average molecular weight is 258 g/mol. The van der Waals surface area contributed by atoms with Crippen LogP contribution < -0.4 is 0 Å². The maximum Gasteiger partial charge on any atom is 0.346 e. The summed E-state index contributed by atoms with van der Waals surface area (Å²) < 4.78 is 15.1. The van der Waals surface area contributed by atoms with Gasteiger partial charge in [-0.15, -0.1) is 0 Å². The molecule has 0 bridgehead atoms. The molecule has 2 aromatic rings. The summed E-state index contributed by atoms with van der Waals surface area (Å²) in [6.07, 6.45) is 3.70. The van der Waals surface area contributed by atoms with E-state index in [0.717, 1.165) is 12.1 Å². The minimum absolute atomic E-state index is 0.184. The molecule has 0 aliphatic rings. The van der Waals surface area contributed by atoms with Crippen LogP contribution in [0.3, 0.4) is 0 Å². The Morgan fingerprint density at radius 2 is 2.32 bits per heavy atom. The van der Waals surface area contributed by atoms with E-state index in [1.54, 1.807) is 0 Å². The summed E-state index contributed by atoms with van der Waals surface area (Å²) in [7, 11) is 0. The van der Waals surface area contributed by atoms with Gasteiger partial charge >= 0.3 is 5.97 Å². The van der Waals surface area contributed by atoms with Crippen LogP contribution in [0.25, 0.3) is 11.8 Å². The highest BCUT2D eigenvalue weighted by molar-refractivity contribution is 5.96. The van der Waals surface area contributed by atoms with Crippen molar-refractivity contribution in [3.05, 3.63) is 47.8 Å². The first-order valence-electron chi connectivity index (χ1n) is 5.11. The van der Waals surface area contributed by atoms with Crippen molar-refractivity contribution in [3.8, 4) is 11.8 Å². The van der Waals surface area contributed by atoms with Crippen molar-refractivity contribution in [2.75, 3.05) is 0 Å². The molecule has 6 nitrogen and oxygen atoms in total. The first-order valence-corrected chi connectivity index (χ1v) is 5.11. The van der Waals surface area contributed by atoms with Crippen LogP contribution in [0.5, 0.6) is 0 Å². The Bertz CT molecular complexity index is 686. The topological polar surface area (TPSA) is 91.8 Å². The summed E-state index contributed by atoms with van der Waals surface area (Å²) in [5.41, 5.74) is -0.00305. The van der Waals surface area contributed by atoms with Crippen molar-refractivity contribution in [2.45, 2.75) is 0 Å². The largest absolute Gasteiger partial charge is 0.477 e. The van der Waals surface area contributed by atoms with Gasteiger partial charge in [-0.2, -0.15) is 10.4 Å². The van der Waals surface area contributed by atoms with E-state index in [0.29, 0.717) is 0 Å². The molecule has 0 spiro atoms. The fourth-order valence-electron chi connectivity index (χ4n) is 1.44. The highest BCUT2D eigenvalue weighted by Gasteiger charge is 2.09. The molecule has 0 aliphatic carbocycles. The normalized spacial score (nSPS) is 11.1. The molecule has 7 heteroatoms. The monoisotopic (exact) mass is 258 g/mol. The van der Waals surface area contributed by atoms with Crippen molar-refractivity contribution < 1.29 is 14.3 Å². The molecule has 0 radical (unpaired) electrons. The van der Waals surface area contributed by atoms with E-state index in [1.807, 2.05) is 0 Å². The molecule has 2 rings (SSSR count). The lowest BCUT2D eigenvalue weighted by Crippen LogP contribution is -2.00. The van der Waals surface area contributed by atoms with Gasteiger partial charge in [0.15, 0.2) is 0 Å². The predicted octanol–water partition coefficient (Wildman–Crippen LogP) is 1.40. The first-order chi connectivity index (χ1) is 9.11. The number of hydrogen-bond donors (Lipinski definition) is 1. The van der Waals surface area contributed by atoms with Gasteiger partial charge in [0.2, 0.25) is 0 Å². The highest BCUT2D eigenvalue weighted by atomic mass is 19.1. The van der Waals surface area contributed by atoms with E-state index in [-0.39, 0.29) is 11.3 Å². The van der Waals surface area contributed by atoms with Crippen LogP contribution >= 0.6 is 0 Å². The van der Waals surface area contributed by atoms with Gasteiger partial charge in [0.1, 0.15) is 35.8 Å². The van der Waals surface area contributed by atoms with Gasteiger partial charge in [-0.3, -0.25) is 0 Å². The zero-order valence-electron chi connectivity index (χ0n) is 9.49. The Morgan fingerprint density at radius 1 is 1.53 bits per heavy atom. The van der Waals surface area contributed by atoms with Crippen molar-refractivity contribution >= 4 is 12.0 Å². The molecule has 1 N–H and O–H groups in total. The van der Waals surface area contributed by atoms with E-state index in [1.165, 1.54) is 35.5 Å². The molecule has 1 aromatic carbocycles. The van der Waals surface area contributed by atoms with Crippen molar-refractivity contribution in [3.63, 3.8) is 0 Å². The number of carboxylic acids is 1. The maximum atomic E-state index is 13.8. The number of nitrogens with zero attached hydrogens (tertiary/aromatic N) is 4. The Morgan fingerprint density at radius 3 is 2.84 bits per heavy atom. The SMILES string of the molecule is N#CC(=Cc1ccc(-n2cncn2)c(F)c1)C(=O)O. The molecule has 0 saturated carbocycles. The number of benzene rings is 1. The zero-order chi connectivity index (χ0) is 13.8. The number of hydrogen-bond acceptors (Lipinski definition) is 4. The van der Waals surface area contributed by atoms with Gasteiger partial charge in [0, 0.05) is 0 Å². The lowest BCUT2D eigenvalue weighted by molar-refractivity contribution is -0.132. The van der Waals surface area contributed by atoms with Crippen LogP contribution in [0.1, 0.15) is 5.56 Å². The third-order valence-electron chi connectivity index (χ3n) is 2.30. The molecule has 94 valence electrons. The van der Waals surface area contributed by atoms with Gasteiger partial charge in [-0.1, -0.05) is 6.07 Å². The maximum absolute atomic E-state index is 13.8. The molecule has 1 heterocycles. The number of aliphatic carboxylic acids is 1. The summed E-state index contributed by atoms with van der Waals surface area (Å²) >= 11 is 0. The van der Waals surface area contributed by atoms with Gasteiger partial charge in [0.05, 0.1) is 0 Å². The van der Waals surface area contributed by atoms with Crippen LogP contribution in [0.15, 0.2) is 36.4 Å². The Labute approximate surface area is 107 Å². The number of nitriles is 1. The zero-order valence-corrected chi connectivity index (χ0v) is 9.49. The van der Waals surface area contributed by atoms with E-state index < -0.39 is 17.4 Å². The molecule has 0 fully saturated rings. The Balaban J connectivity index is 2.40. The van der Waals surface area contributed by atoms with Gasteiger partial charge in [-0.05, 0) is 23.8 Å². The van der Waals surface area contributed by atoms with Crippen LogP contribution in [-0.2, 0) is 4.79 Å². The Kier molecular flexibility index (Phi) is 3.34. The molecule has 19 heavy (non-hydrogen) atoms. The van der Waals surface area contributed by atoms with Crippen molar-refractivity contribution in [1.82, 2.24) is 14.8 Å².